The molecule has 0 spiro atoms. The van der Waals surface area contributed by atoms with Crippen LogP contribution in [-0.2, 0) is 42.2 Å². The predicted molar refractivity (Wildman–Crippen MR) is 183 cm³/mol. The average molecular weight is 711 g/mol. The second-order valence-electron chi connectivity index (χ2n) is 15.1. The van der Waals surface area contributed by atoms with Crippen molar-refractivity contribution in [2.75, 3.05) is 20.1 Å². The molecule has 3 heterocycles. The summed E-state index contributed by atoms with van der Waals surface area (Å²) < 4.78 is 33.3. The fraction of sp³-hybridized carbons (Fsp3) is 0.571. The molecule has 2 saturated carbocycles. The van der Waals surface area contributed by atoms with Gasteiger partial charge >= 0.3 is 12.1 Å². The first-order valence-corrected chi connectivity index (χ1v) is 18.6. The van der Waals surface area contributed by atoms with E-state index in [1.807, 2.05) is 30.4 Å². The molecule has 1 aromatic rings. The van der Waals surface area contributed by atoms with E-state index in [1.165, 1.54) is 15.9 Å². The molecule has 1 saturated heterocycles. The monoisotopic (exact) mass is 710 g/mol. The van der Waals surface area contributed by atoms with Crippen molar-refractivity contribution < 1.29 is 37.1 Å². The number of carbonyl (C=O) groups excluding carboxylic acids is 5. The highest BCUT2D eigenvalue weighted by atomic mass is 32.2. The van der Waals surface area contributed by atoms with Crippen LogP contribution in [0.25, 0.3) is 6.08 Å². The van der Waals surface area contributed by atoms with Crippen molar-refractivity contribution >= 4 is 45.9 Å². The normalized spacial score (nSPS) is 28.7. The Morgan fingerprint density at radius 1 is 1.14 bits per heavy atom. The molecular formula is C35H46N6O8S. The maximum absolute atomic E-state index is 14.4. The van der Waals surface area contributed by atoms with Crippen LogP contribution in [0.3, 0.4) is 0 Å². The van der Waals surface area contributed by atoms with Gasteiger partial charge < -0.3 is 25.2 Å². The topological polar surface area (TPSA) is 175 Å². The molecule has 15 heteroatoms. The van der Waals surface area contributed by atoms with Crippen LogP contribution in [0, 0.1) is 11.3 Å². The molecule has 3 N–H and O–H groups in total. The minimum absolute atomic E-state index is 0.0698. The van der Waals surface area contributed by atoms with Crippen LogP contribution in [-0.4, -0.2) is 102 Å². The quantitative estimate of drug-likeness (QED) is 0.377. The van der Waals surface area contributed by atoms with E-state index in [2.05, 4.69) is 21.9 Å². The summed E-state index contributed by atoms with van der Waals surface area (Å²) in [7, 11) is -2.26. The lowest BCUT2D eigenvalue weighted by atomic mass is 9.85. The smallest absolute Gasteiger partial charge is 0.410 e. The van der Waals surface area contributed by atoms with Crippen LogP contribution in [0.15, 0.2) is 36.9 Å². The third-order valence-corrected chi connectivity index (χ3v) is 12.1. The van der Waals surface area contributed by atoms with Gasteiger partial charge in [0.2, 0.25) is 21.8 Å². The number of nitrogens with zero attached hydrogens (tertiary/aromatic N) is 3. The van der Waals surface area contributed by atoms with E-state index >= 15 is 0 Å². The predicted octanol–water partition coefficient (Wildman–Crippen LogP) is 2.25. The number of carbonyl (C=O) groups is 5. The lowest BCUT2D eigenvalue weighted by Crippen LogP contribution is -2.61. The fourth-order valence-corrected chi connectivity index (χ4v) is 8.34. The number of ether oxygens (including phenoxy) is 1. The molecule has 2 aliphatic carbocycles. The molecule has 0 unspecified atom stereocenters. The van der Waals surface area contributed by atoms with Gasteiger partial charge in [-0.1, -0.05) is 57.2 Å². The summed E-state index contributed by atoms with van der Waals surface area (Å²) in [6.45, 7) is 10.1. The van der Waals surface area contributed by atoms with Gasteiger partial charge in [-0.05, 0) is 47.8 Å². The Hall–Kier alpha value is -4.40. The van der Waals surface area contributed by atoms with E-state index in [4.69, 9.17) is 4.74 Å². The highest BCUT2D eigenvalue weighted by molar-refractivity contribution is 7.91. The van der Waals surface area contributed by atoms with Crippen molar-refractivity contribution in [2.24, 2.45) is 11.3 Å². The Labute approximate surface area is 292 Å². The van der Waals surface area contributed by atoms with Crippen molar-refractivity contribution in [3.63, 3.8) is 0 Å². The third kappa shape index (κ3) is 6.96. The van der Waals surface area contributed by atoms with Crippen molar-refractivity contribution in [3.8, 4) is 0 Å². The van der Waals surface area contributed by atoms with Crippen LogP contribution < -0.4 is 15.4 Å². The molecule has 5 atom stereocenters. The summed E-state index contributed by atoms with van der Waals surface area (Å²) in [5.74, 6) is -2.64. The van der Waals surface area contributed by atoms with Gasteiger partial charge in [0, 0.05) is 32.5 Å². The average Bonchev–Trinajstić information content (AvgIpc) is 3.94. The maximum Gasteiger partial charge on any atom is 0.410 e. The zero-order valence-electron chi connectivity index (χ0n) is 28.9. The highest BCUT2D eigenvalue weighted by Gasteiger charge is 2.62. The van der Waals surface area contributed by atoms with Crippen LogP contribution in [0.2, 0.25) is 0 Å². The van der Waals surface area contributed by atoms with E-state index < -0.39 is 80.2 Å². The number of fused-ring (bicyclic) bond motifs is 3. The molecule has 6 rings (SSSR count). The Morgan fingerprint density at radius 3 is 2.54 bits per heavy atom. The molecule has 1 aromatic carbocycles. The van der Waals surface area contributed by atoms with Crippen molar-refractivity contribution in [3.05, 3.63) is 53.6 Å². The van der Waals surface area contributed by atoms with Gasteiger partial charge in [-0.2, -0.15) is 0 Å². The van der Waals surface area contributed by atoms with Crippen LogP contribution in [0.1, 0.15) is 69.6 Å². The van der Waals surface area contributed by atoms with Crippen LogP contribution in [0.5, 0.6) is 0 Å². The molecule has 6 amide bonds. The number of rotatable bonds is 6. The summed E-state index contributed by atoms with van der Waals surface area (Å²) in [6.07, 6.45) is 5.48. The Morgan fingerprint density at radius 2 is 1.88 bits per heavy atom. The summed E-state index contributed by atoms with van der Waals surface area (Å²) in [4.78, 5) is 73.2. The van der Waals surface area contributed by atoms with E-state index in [0.717, 1.165) is 16.7 Å². The van der Waals surface area contributed by atoms with Gasteiger partial charge in [-0.3, -0.25) is 24.0 Å². The van der Waals surface area contributed by atoms with Gasteiger partial charge in [0.05, 0.1) is 18.3 Å². The molecule has 14 nitrogen and oxygen atoms in total. The molecule has 0 radical (unpaired) electrons. The molecule has 4 bridgehead atoms. The summed E-state index contributed by atoms with van der Waals surface area (Å²) >= 11 is 0. The standard InChI is InChI=1S/C35H46N6O8S/c1-6-23-17-35(23,31(44)38-50(47,48)25-13-14-25)37-29(42)27-16-24-19-41(27)30(43)28(34(2,3)4)36-32(45)39(5)15-8-7-10-21-11-9-12-22-18-40(20-26(21)22)33(46)49-24/h6-7,9-12,23-25,27-28H,1,8,13-20H2,2-5H3,(H,36,45)(H,37,42)(H,38,44)/t23-,24-,27+,28-,35-/m1/s1. The zero-order chi connectivity index (χ0) is 36.2. The molecule has 5 aliphatic rings. The maximum atomic E-state index is 14.4. The number of urea groups is 1. The van der Waals surface area contributed by atoms with Gasteiger partial charge in [-0.15, -0.1) is 6.58 Å². The molecule has 3 aliphatic heterocycles. The molecule has 3 fully saturated rings. The molecular weight excluding hydrogens is 664 g/mol. The minimum atomic E-state index is -3.90. The Kier molecular flexibility index (Phi) is 9.25. The number of hydrogen-bond donors (Lipinski definition) is 3. The van der Waals surface area contributed by atoms with Crippen molar-refractivity contribution in [2.45, 2.75) is 94.9 Å². The Bertz CT molecular complexity index is 1750. The number of hydrogen-bond acceptors (Lipinski definition) is 8. The van der Waals surface area contributed by atoms with Crippen molar-refractivity contribution in [1.82, 2.24) is 30.1 Å². The SMILES string of the molecule is C=C[C@@H]1C[C@]1(NC(=O)[C@@H]1C[C@@H]2CN1C(=O)[C@H](C(C)(C)C)NC(=O)N(C)CCC=Cc1cccc3c1CN(C3)C(=O)O2)C(=O)NS(=O)(=O)C1CC1. The third-order valence-electron chi connectivity index (χ3n) is 10.3. The molecule has 0 aromatic heterocycles. The van der Waals surface area contributed by atoms with Crippen LogP contribution in [0.4, 0.5) is 9.59 Å². The Balaban J connectivity index is 1.29. The highest BCUT2D eigenvalue weighted by Crippen LogP contribution is 2.45. The zero-order valence-corrected chi connectivity index (χ0v) is 29.8. The van der Waals surface area contributed by atoms with E-state index in [-0.39, 0.29) is 19.4 Å². The number of amides is 6. The van der Waals surface area contributed by atoms with E-state index in [1.54, 1.807) is 32.7 Å². The fourth-order valence-electron chi connectivity index (χ4n) is 6.97. The second kappa shape index (κ2) is 13.1. The largest absolute Gasteiger partial charge is 0.444 e. The molecule has 50 heavy (non-hydrogen) atoms. The first-order chi connectivity index (χ1) is 23.5. The first-order valence-electron chi connectivity index (χ1n) is 17.1. The minimum Gasteiger partial charge on any atom is -0.444 e. The van der Waals surface area contributed by atoms with Gasteiger partial charge in [0.25, 0.3) is 5.91 Å². The van der Waals surface area contributed by atoms with Crippen LogP contribution >= 0.6 is 0 Å². The van der Waals surface area contributed by atoms with Gasteiger partial charge in [0.15, 0.2) is 0 Å². The lowest BCUT2D eigenvalue weighted by molar-refractivity contribution is -0.142. The van der Waals surface area contributed by atoms with Gasteiger partial charge in [0.1, 0.15) is 23.7 Å². The summed E-state index contributed by atoms with van der Waals surface area (Å²) in [6, 6.07) is 3.14. The van der Waals surface area contributed by atoms with E-state index in [0.29, 0.717) is 38.9 Å². The summed E-state index contributed by atoms with van der Waals surface area (Å²) in [5, 5.41) is 4.96. The summed E-state index contributed by atoms with van der Waals surface area (Å²) in [5.41, 5.74) is 0.594. The number of nitrogens with one attached hydrogen (secondary N) is 3. The van der Waals surface area contributed by atoms with Crippen molar-refractivity contribution in [1.29, 1.82) is 0 Å². The number of sulfonamides is 1. The second-order valence-corrected chi connectivity index (χ2v) is 17.1. The van der Waals surface area contributed by atoms with E-state index in [9.17, 15) is 32.4 Å². The first kappa shape index (κ1) is 35.4. The van der Waals surface area contributed by atoms with Gasteiger partial charge in [-0.25, -0.2) is 18.0 Å². The number of benzene rings is 1. The molecule has 270 valence electrons. The lowest BCUT2D eigenvalue weighted by Gasteiger charge is -2.36.